The maximum atomic E-state index is 14.0. The molecule has 0 amide bonds. The Hall–Kier alpha value is -3.72. The van der Waals surface area contributed by atoms with Crippen molar-refractivity contribution in [3.05, 3.63) is 115 Å². The highest BCUT2D eigenvalue weighted by Gasteiger charge is 2.45. The van der Waals surface area contributed by atoms with Gasteiger partial charge in [-0.15, -0.1) is 0 Å². The molecule has 5 nitrogen and oxygen atoms in total. The van der Waals surface area contributed by atoms with Crippen molar-refractivity contribution < 1.29 is 9.53 Å². The van der Waals surface area contributed by atoms with E-state index in [1.54, 1.807) is 12.1 Å². The maximum absolute atomic E-state index is 14.0. The lowest BCUT2D eigenvalue weighted by Crippen LogP contribution is -2.42. The van der Waals surface area contributed by atoms with Gasteiger partial charge in [0, 0.05) is 27.7 Å². The van der Waals surface area contributed by atoms with Crippen molar-refractivity contribution in [3.8, 4) is 11.8 Å². The van der Waals surface area contributed by atoms with E-state index in [0.29, 0.717) is 52.2 Å². The van der Waals surface area contributed by atoms with Gasteiger partial charge in [-0.3, -0.25) is 9.69 Å². The minimum atomic E-state index is -0.579. The molecule has 1 heterocycles. The Morgan fingerprint density at radius 3 is 2.34 bits per heavy atom. The third-order valence-corrected chi connectivity index (χ3v) is 8.52. The number of benzene rings is 3. The third-order valence-electron chi connectivity index (χ3n) is 8.04. The van der Waals surface area contributed by atoms with Gasteiger partial charge in [0.1, 0.15) is 18.2 Å². The van der Waals surface area contributed by atoms with Gasteiger partial charge in [0.05, 0.1) is 23.2 Å². The molecule has 2 N–H and O–H groups in total. The van der Waals surface area contributed by atoms with E-state index in [0.717, 1.165) is 39.2 Å². The number of halogens is 2. The average molecular weight is 587 g/mol. The van der Waals surface area contributed by atoms with Crippen LogP contribution in [0.3, 0.4) is 0 Å². The van der Waals surface area contributed by atoms with Gasteiger partial charge in [0.15, 0.2) is 5.78 Å². The van der Waals surface area contributed by atoms with Gasteiger partial charge in [-0.1, -0.05) is 55.2 Å². The van der Waals surface area contributed by atoms with Crippen LogP contribution in [0.25, 0.3) is 0 Å². The van der Waals surface area contributed by atoms with E-state index < -0.39 is 5.92 Å². The summed E-state index contributed by atoms with van der Waals surface area (Å²) in [4.78, 5) is 15.9. The summed E-state index contributed by atoms with van der Waals surface area (Å²) in [6.07, 6.45) is 1.02. The van der Waals surface area contributed by atoms with Crippen molar-refractivity contribution in [3.63, 3.8) is 0 Å². The molecule has 0 radical (unpaired) electrons. The Labute approximate surface area is 251 Å². The second kappa shape index (κ2) is 10.9. The van der Waals surface area contributed by atoms with E-state index in [1.165, 1.54) is 0 Å². The fourth-order valence-corrected chi connectivity index (χ4v) is 6.29. The number of carbonyl (C=O) groups is 1. The first-order chi connectivity index (χ1) is 19.4. The first kappa shape index (κ1) is 28.8. The molecule has 0 aromatic heterocycles. The highest BCUT2D eigenvalue weighted by atomic mass is 35.5. The lowest BCUT2D eigenvalue weighted by atomic mass is 9.68. The normalized spacial score (nSPS) is 18.3. The Morgan fingerprint density at radius 2 is 1.66 bits per heavy atom. The van der Waals surface area contributed by atoms with Crippen molar-refractivity contribution in [2.45, 2.75) is 60.0 Å². The second-order valence-corrected chi connectivity index (χ2v) is 12.7. The van der Waals surface area contributed by atoms with E-state index in [2.05, 4.69) is 32.0 Å². The van der Waals surface area contributed by atoms with Crippen LogP contribution in [0.1, 0.15) is 60.4 Å². The summed E-state index contributed by atoms with van der Waals surface area (Å²) in [5.41, 5.74) is 14.0. The van der Waals surface area contributed by atoms with E-state index in [-0.39, 0.29) is 11.2 Å². The third kappa shape index (κ3) is 5.47. The molecule has 0 spiro atoms. The van der Waals surface area contributed by atoms with Gasteiger partial charge < -0.3 is 10.5 Å². The zero-order chi connectivity index (χ0) is 29.6. The lowest BCUT2D eigenvalue weighted by molar-refractivity contribution is -0.118. The molecule has 7 heteroatoms. The van der Waals surface area contributed by atoms with Crippen LogP contribution < -0.4 is 15.4 Å². The zero-order valence-electron chi connectivity index (χ0n) is 23.9. The number of Topliss-reactive ketones (excluding diaryl/α,β-unsaturated/α-hetero) is 1. The smallest absolute Gasteiger partial charge is 0.162 e. The van der Waals surface area contributed by atoms with Crippen molar-refractivity contribution >= 4 is 34.7 Å². The molecule has 3 aromatic carbocycles. The number of hydrogen-bond acceptors (Lipinski definition) is 5. The van der Waals surface area contributed by atoms with Crippen LogP contribution in [-0.4, -0.2) is 5.78 Å². The van der Waals surface area contributed by atoms with Gasteiger partial charge in [-0.2, -0.15) is 5.26 Å². The van der Waals surface area contributed by atoms with Gasteiger partial charge in [0.2, 0.25) is 0 Å². The molecule has 0 fully saturated rings. The molecule has 0 bridgehead atoms. The molecule has 2 aliphatic rings. The molecule has 0 saturated heterocycles. The molecule has 5 rings (SSSR count). The molecular formula is C34H33Cl2N3O2. The fourth-order valence-electron chi connectivity index (χ4n) is 5.99. The van der Waals surface area contributed by atoms with Crippen LogP contribution >= 0.6 is 23.2 Å². The Balaban J connectivity index is 1.68. The summed E-state index contributed by atoms with van der Waals surface area (Å²) < 4.78 is 6.08. The van der Waals surface area contributed by atoms with Gasteiger partial charge in [-0.25, -0.2) is 0 Å². The van der Waals surface area contributed by atoms with Gasteiger partial charge >= 0.3 is 0 Å². The monoisotopic (exact) mass is 585 g/mol. The zero-order valence-corrected chi connectivity index (χ0v) is 25.5. The highest BCUT2D eigenvalue weighted by molar-refractivity contribution is 6.31. The number of ketones is 1. The van der Waals surface area contributed by atoms with Gasteiger partial charge in [-0.05, 0) is 96.8 Å². The van der Waals surface area contributed by atoms with Crippen LogP contribution in [0.2, 0.25) is 10.0 Å². The molecule has 1 aliphatic heterocycles. The SMILES string of the molecule is Cc1cc(C)c(C2C(C#N)=C(N)N(c3cc(Cl)ccc3C)C3=C2C(=O)CC(C)(C)C3)cc1COc1ccc(Cl)cc1. The van der Waals surface area contributed by atoms with E-state index in [1.807, 2.05) is 56.0 Å². The van der Waals surface area contributed by atoms with Crippen molar-refractivity contribution in [2.75, 3.05) is 4.90 Å². The first-order valence-corrected chi connectivity index (χ1v) is 14.4. The summed E-state index contributed by atoms with van der Waals surface area (Å²) in [6.45, 7) is 10.5. The predicted molar refractivity (Wildman–Crippen MR) is 165 cm³/mol. The number of ether oxygens (including phenoxy) is 1. The van der Waals surface area contributed by atoms with Crippen LogP contribution in [-0.2, 0) is 11.4 Å². The van der Waals surface area contributed by atoms with Crippen molar-refractivity contribution in [1.82, 2.24) is 0 Å². The van der Waals surface area contributed by atoms with Gasteiger partial charge in [0.25, 0.3) is 0 Å². The highest BCUT2D eigenvalue weighted by Crippen LogP contribution is 2.51. The molecule has 1 aliphatic carbocycles. The molecule has 3 aromatic rings. The van der Waals surface area contributed by atoms with E-state index >= 15 is 0 Å². The minimum Gasteiger partial charge on any atom is -0.489 e. The maximum Gasteiger partial charge on any atom is 0.162 e. The molecule has 1 unspecified atom stereocenters. The van der Waals surface area contributed by atoms with Crippen molar-refractivity contribution in [2.24, 2.45) is 11.1 Å². The summed E-state index contributed by atoms with van der Waals surface area (Å²) in [5, 5.41) is 11.7. The van der Waals surface area contributed by atoms with Crippen LogP contribution in [0.15, 0.2) is 77.3 Å². The second-order valence-electron chi connectivity index (χ2n) is 11.8. The van der Waals surface area contributed by atoms with Crippen molar-refractivity contribution in [1.29, 1.82) is 5.26 Å². The minimum absolute atomic E-state index is 0.0325. The number of nitriles is 1. The summed E-state index contributed by atoms with van der Waals surface area (Å²) >= 11 is 12.5. The number of anilines is 1. The first-order valence-electron chi connectivity index (χ1n) is 13.6. The molecule has 0 saturated carbocycles. The number of hydrogen-bond donors (Lipinski definition) is 1. The molecule has 210 valence electrons. The number of nitrogens with two attached hydrogens (primary N) is 1. The molecule has 1 atom stereocenters. The Morgan fingerprint density at radius 1 is 0.976 bits per heavy atom. The number of carbonyl (C=O) groups excluding carboxylic acids is 1. The summed E-state index contributed by atoms with van der Waals surface area (Å²) in [5.74, 6) is 0.484. The lowest BCUT2D eigenvalue weighted by Gasteiger charge is -2.44. The number of rotatable bonds is 5. The number of nitrogens with zero attached hydrogens (tertiary/aromatic N) is 2. The standard InChI is InChI=1S/C34H33Cl2N3O2/c1-19-6-7-24(36)14-28(19)39-29-15-34(4,5)16-30(40)32(29)31(27(17-37)33(39)38)26-13-22(20(2)12-21(26)3)18-41-25-10-8-23(35)9-11-25/h6-14,31H,15-16,18,38H2,1-5H3. The van der Waals surface area contributed by atoms with Crippen LogP contribution in [0, 0.1) is 37.5 Å². The topological polar surface area (TPSA) is 79.4 Å². The average Bonchev–Trinajstić information content (AvgIpc) is 2.90. The quantitative estimate of drug-likeness (QED) is 0.325. The molecule has 41 heavy (non-hydrogen) atoms. The van der Waals surface area contributed by atoms with Crippen LogP contribution in [0.5, 0.6) is 5.75 Å². The fraction of sp³-hybridized carbons (Fsp3) is 0.294. The summed E-state index contributed by atoms with van der Waals surface area (Å²) in [7, 11) is 0. The summed E-state index contributed by atoms with van der Waals surface area (Å²) in [6, 6.07) is 19.4. The van der Waals surface area contributed by atoms with Crippen LogP contribution in [0.4, 0.5) is 5.69 Å². The number of allylic oxidation sites excluding steroid dienone is 3. The largest absolute Gasteiger partial charge is 0.489 e. The molecular weight excluding hydrogens is 553 g/mol. The number of aryl methyl sites for hydroxylation is 3. The Kier molecular flexibility index (Phi) is 7.68. The predicted octanol–water partition coefficient (Wildman–Crippen LogP) is 8.44. The van der Waals surface area contributed by atoms with E-state index in [4.69, 9.17) is 33.7 Å². The Bertz CT molecular complexity index is 1660. The van der Waals surface area contributed by atoms with E-state index in [9.17, 15) is 10.1 Å².